The molecule has 2 aromatic heterocycles. The summed E-state index contributed by atoms with van der Waals surface area (Å²) in [5, 5.41) is 7.12. The molecule has 0 saturated carbocycles. The van der Waals surface area contributed by atoms with Crippen LogP contribution in [0.15, 0.2) is 36.4 Å². The minimum atomic E-state index is -3.00. The van der Waals surface area contributed by atoms with E-state index in [4.69, 9.17) is 9.97 Å². The lowest BCUT2D eigenvalue weighted by molar-refractivity contribution is 0.537. The number of nitrogens with one attached hydrogen (secondary N) is 2. The van der Waals surface area contributed by atoms with Crippen molar-refractivity contribution in [2.75, 3.05) is 30.7 Å². The van der Waals surface area contributed by atoms with Crippen molar-refractivity contribution >= 4 is 37.9 Å². The Morgan fingerprint density at radius 3 is 2.85 bits per heavy atom. The molecule has 1 aliphatic rings. The number of rotatable bonds is 5. The smallest absolute Gasteiger partial charge is 0.172 e. The number of aryl methyl sites for hydroxylation is 1. The maximum atomic E-state index is 12.2. The van der Waals surface area contributed by atoms with Crippen LogP contribution in [-0.4, -0.2) is 49.0 Å². The fraction of sp³-hybridized carbons (Fsp3) is 0.368. The van der Waals surface area contributed by atoms with Gasteiger partial charge in [0.15, 0.2) is 15.7 Å². The van der Waals surface area contributed by atoms with Crippen LogP contribution >= 0.6 is 11.3 Å². The Labute approximate surface area is 163 Å². The van der Waals surface area contributed by atoms with E-state index in [1.54, 1.807) is 11.3 Å². The molecular weight excluding hydrogens is 380 g/mol. The zero-order valence-corrected chi connectivity index (χ0v) is 16.7. The highest BCUT2D eigenvalue weighted by atomic mass is 32.2. The summed E-state index contributed by atoms with van der Waals surface area (Å²) in [5.74, 6) is 1.67. The summed E-state index contributed by atoms with van der Waals surface area (Å²) in [6.07, 6.45) is 0.557. The van der Waals surface area contributed by atoms with Gasteiger partial charge in [0, 0.05) is 29.9 Å². The second-order valence-electron chi connectivity index (χ2n) is 6.73. The van der Waals surface area contributed by atoms with Crippen molar-refractivity contribution in [3.8, 4) is 10.7 Å². The SMILES string of the molecule is Cc1ccc(-c2nc(NCCC3CNCCS3(=O)=O)c3ccccc3n2)s1. The predicted octanol–water partition coefficient (Wildman–Crippen LogP) is 2.86. The van der Waals surface area contributed by atoms with Gasteiger partial charge >= 0.3 is 0 Å². The molecule has 3 aromatic rings. The Morgan fingerprint density at radius 2 is 2.07 bits per heavy atom. The van der Waals surface area contributed by atoms with Crippen LogP contribution in [-0.2, 0) is 9.84 Å². The summed E-state index contributed by atoms with van der Waals surface area (Å²) in [4.78, 5) is 11.7. The minimum absolute atomic E-state index is 0.218. The summed E-state index contributed by atoms with van der Waals surface area (Å²) in [6, 6.07) is 12.0. The number of aromatic nitrogens is 2. The summed E-state index contributed by atoms with van der Waals surface area (Å²) < 4.78 is 24.4. The molecule has 27 heavy (non-hydrogen) atoms. The molecule has 6 nitrogen and oxygen atoms in total. The number of anilines is 1. The van der Waals surface area contributed by atoms with E-state index in [0.717, 1.165) is 21.6 Å². The first-order valence-corrected chi connectivity index (χ1v) is 11.6. The molecule has 1 fully saturated rings. The number of sulfone groups is 1. The number of hydrogen-bond acceptors (Lipinski definition) is 7. The zero-order chi connectivity index (χ0) is 18.9. The molecule has 1 atom stereocenters. The Kier molecular flexibility index (Phi) is 5.12. The predicted molar refractivity (Wildman–Crippen MR) is 111 cm³/mol. The molecule has 2 N–H and O–H groups in total. The number of nitrogens with zero attached hydrogens (tertiary/aromatic N) is 2. The minimum Gasteiger partial charge on any atom is -0.369 e. The summed E-state index contributed by atoms with van der Waals surface area (Å²) in [7, 11) is -3.00. The molecule has 1 unspecified atom stereocenters. The van der Waals surface area contributed by atoms with Crippen LogP contribution in [0.3, 0.4) is 0 Å². The number of hydrogen-bond donors (Lipinski definition) is 2. The largest absolute Gasteiger partial charge is 0.369 e. The van der Waals surface area contributed by atoms with Gasteiger partial charge in [-0.15, -0.1) is 11.3 Å². The number of fused-ring (bicyclic) bond motifs is 1. The van der Waals surface area contributed by atoms with E-state index in [2.05, 4.69) is 23.6 Å². The van der Waals surface area contributed by atoms with Gasteiger partial charge in [-0.2, -0.15) is 0 Å². The normalized spacial score (nSPS) is 19.2. The van der Waals surface area contributed by atoms with Crippen molar-refractivity contribution in [1.29, 1.82) is 0 Å². The molecule has 142 valence electrons. The van der Waals surface area contributed by atoms with Crippen molar-refractivity contribution in [3.63, 3.8) is 0 Å². The lowest BCUT2D eigenvalue weighted by Gasteiger charge is -2.23. The Bertz CT molecular complexity index is 1060. The van der Waals surface area contributed by atoms with Crippen LogP contribution in [0.5, 0.6) is 0 Å². The van der Waals surface area contributed by atoms with Crippen LogP contribution in [0, 0.1) is 6.92 Å². The summed E-state index contributed by atoms with van der Waals surface area (Å²) in [5.41, 5.74) is 0.878. The molecule has 3 heterocycles. The second-order valence-corrected chi connectivity index (χ2v) is 10.4. The van der Waals surface area contributed by atoms with Gasteiger partial charge in [0.1, 0.15) is 5.82 Å². The lowest BCUT2D eigenvalue weighted by atomic mass is 10.2. The van der Waals surface area contributed by atoms with Gasteiger partial charge < -0.3 is 10.6 Å². The summed E-state index contributed by atoms with van der Waals surface area (Å²) in [6.45, 7) is 3.68. The number of benzene rings is 1. The molecule has 0 aliphatic carbocycles. The van der Waals surface area contributed by atoms with Gasteiger partial charge in [0.05, 0.1) is 21.4 Å². The van der Waals surface area contributed by atoms with E-state index in [1.807, 2.05) is 30.3 Å². The van der Waals surface area contributed by atoms with E-state index in [0.29, 0.717) is 31.9 Å². The van der Waals surface area contributed by atoms with Gasteiger partial charge in [-0.05, 0) is 37.6 Å². The fourth-order valence-corrected chi connectivity index (χ4v) is 5.69. The maximum absolute atomic E-state index is 12.2. The van der Waals surface area contributed by atoms with E-state index in [-0.39, 0.29) is 11.0 Å². The fourth-order valence-electron chi connectivity index (χ4n) is 3.28. The Balaban J connectivity index is 1.58. The standard InChI is InChI=1S/C19H22N4O2S2/c1-13-6-7-17(26-13)19-22-16-5-3-2-4-15(16)18(23-19)21-9-8-14-12-20-10-11-27(14,24)25/h2-7,14,20H,8-12H2,1H3,(H,21,22,23). The van der Waals surface area contributed by atoms with Crippen LogP contribution in [0.1, 0.15) is 11.3 Å². The van der Waals surface area contributed by atoms with Gasteiger partial charge in [-0.1, -0.05) is 12.1 Å². The quantitative estimate of drug-likeness (QED) is 0.683. The third-order valence-electron chi connectivity index (χ3n) is 4.77. The third-order valence-corrected chi connectivity index (χ3v) is 7.95. The molecule has 0 spiro atoms. The van der Waals surface area contributed by atoms with Crippen LogP contribution in [0.25, 0.3) is 21.6 Å². The monoisotopic (exact) mass is 402 g/mol. The van der Waals surface area contributed by atoms with Crippen LogP contribution in [0.2, 0.25) is 0 Å². The van der Waals surface area contributed by atoms with Crippen LogP contribution in [0.4, 0.5) is 5.82 Å². The molecule has 8 heteroatoms. The molecular formula is C19H22N4O2S2. The van der Waals surface area contributed by atoms with Gasteiger partial charge in [-0.3, -0.25) is 0 Å². The third kappa shape index (κ3) is 3.97. The van der Waals surface area contributed by atoms with Crippen molar-refractivity contribution < 1.29 is 8.42 Å². The van der Waals surface area contributed by atoms with Crippen LogP contribution < -0.4 is 10.6 Å². The number of para-hydroxylation sites is 1. The molecule has 1 aliphatic heterocycles. The highest BCUT2D eigenvalue weighted by Crippen LogP contribution is 2.29. The molecule has 1 saturated heterocycles. The van der Waals surface area contributed by atoms with Crippen molar-refractivity contribution in [2.24, 2.45) is 0 Å². The van der Waals surface area contributed by atoms with Gasteiger partial charge in [0.25, 0.3) is 0 Å². The van der Waals surface area contributed by atoms with E-state index in [1.165, 1.54) is 4.88 Å². The first-order chi connectivity index (χ1) is 13.0. The molecule has 0 amide bonds. The maximum Gasteiger partial charge on any atom is 0.172 e. The van der Waals surface area contributed by atoms with E-state index in [9.17, 15) is 8.42 Å². The van der Waals surface area contributed by atoms with Crippen molar-refractivity contribution in [2.45, 2.75) is 18.6 Å². The molecule has 4 rings (SSSR count). The first-order valence-electron chi connectivity index (χ1n) is 9.03. The molecule has 0 radical (unpaired) electrons. The average molecular weight is 403 g/mol. The number of thiophene rings is 1. The average Bonchev–Trinajstić information content (AvgIpc) is 3.09. The molecule has 0 bridgehead atoms. The van der Waals surface area contributed by atoms with Gasteiger partial charge in [0.2, 0.25) is 0 Å². The summed E-state index contributed by atoms with van der Waals surface area (Å²) >= 11 is 1.66. The van der Waals surface area contributed by atoms with Crippen molar-refractivity contribution in [1.82, 2.24) is 15.3 Å². The van der Waals surface area contributed by atoms with Crippen molar-refractivity contribution in [3.05, 3.63) is 41.3 Å². The lowest BCUT2D eigenvalue weighted by Crippen LogP contribution is -2.44. The van der Waals surface area contributed by atoms with Gasteiger partial charge in [-0.25, -0.2) is 18.4 Å². The Hall–Kier alpha value is -2.03. The Morgan fingerprint density at radius 1 is 1.22 bits per heavy atom. The zero-order valence-electron chi connectivity index (χ0n) is 15.1. The second kappa shape index (κ2) is 7.53. The highest BCUT2D eigenvalue weighted by Gasteiger charge is 2.28. The van der Waals surface area contributed by atoms with E-state index >= 15 is 0 Å². The topological polar surface area (TPSA) is 84.0 Å². The highest BCUT2D eigenvalue weighted by molar-refractivity contribution is 7.92. The first kappa shape index (κ1) is 18.3. The molecule has 1 aromatic carbocycles. The van der Waals surface area contributed by atoms with E-state index < -0.39 is 9.84 Å².